The zero-order valence-electron chi connectivity index (χ0n) is 36.1. The Balaban J connectivity index is 0.00000514. The number of fused-ring (bicyclic) bond motifs is 3. The molecule has 3 heterocycles. The molecule has 310 valence electrons. The molecule has 0 radical (unpaired) electrons. The molecule has 6 aromatic carbocycles. The van der Waals surface area contributed by atoms with Crippen molar-refractivity contribution < 1.29 is 25.8 Å². The van der Waals surface area contributed by atoms with Crippen LogP contribution in [-0.2, 0) is 37.3 Å². The van der Waals surface area contributed by atoms with E-state index in [1.165, 1.54) is 16.7 Å². The number of benzene rings is 6. The first kappa shape index (κ1) is 41.8. The van der Waals surface area contributed by atoms with Crippen molar-refractivity contribution in [2.75, 3.05) is 9.80 Å². The number of para-hydroxylation sites is 1. The van der Waals surface area contributed by atoms with Gasteiger partial charge in [0.05, 0.1) is 0 Å². The quantitative estimate of drug-likeness (QED) is 0.142. The van der Waals surface area contributed by atoms with E-state index in [0.29, 0.717) is 11.5 Å². The van der Waals surface area contributed by atoms with Gasteiger partial charge in [-0.15, -0.1) is 53.6 Å². The fourth-order valence-electron chi connectivity index (χ4n) is 8.10. The molecule has 0 aliphatic carbocycles. The Morgan fingerprint density at radius 3 is 1.98 bits per heavy atom. The van der Waals surface area contributed by atoms with Crippen LogP contribution in [-0.4, -0.2) is 9.55 Å². The second-order valence-electron chi connectivity index (χ2n) is 18.4. The summed E-state index contributed by atoms with van der Waals surface area (Å²) in [6, 6.07) is 58.7. The second-order valence-corrected chi connectivity index (χ2v) is 18.4. The van der Waals surface area contributed by atoms with Gasteiger partial charge in [0.1, 0.15) is 5.82 Å². The minimum Gasteiger partial charge on any atom is -0.509 e. The number of hydrogen-bond donors (Lipinski definition) is 0. The molecule has 0 atom stereocenters. The molecule has 0 N–H and O–H groups in total. The van der Waals surface area contributed by atoms with Crippen LogP contribution < -0.4 is 14.5 Å². The molecule has 9 rings (SSSR count). The Kier molecular flexibility index (Phi) is 11.1. The molecule has 1 aliphatic rings. The molecule has 0 fully saturated rings. The Labute approximate surface area is 375 Å². The molecule has 1 aliphatic heterocycles. The third-order valence-corrected chi connectivity index (χ3v) is 11.8. The van der Waals surface area contributed by atoms with Crippen LogP contribution in [0.4, 0.5) is 11.4 Å². The molecule has 0 saturated carbocycles. The summed E-state index contributed by atoms with van der Waals surface area (Å²) in [4.78, 5) is 9.33. The van der Waals surface area contributed by atoms with Crippen LogP contribution in [0.15, 0.2) is 158 Å². The van der Waals surface area contributed by atoms with Crippen LogP contribution >= 0.6 is 0 Å². The minimum absolute atomic E-state index is 0. The van der Waals surface area contributed by atoms with Gasteiger partial charge in [-0.05, 0) is 80.4 Å². The molecule has 61 heavy (non-hydrogen) atoms. The van der Waals surface area contributed by atoms with Crippen molar-refractivity contribution >= 4 is 38.9 Å². The molecule has 2 aromatic heterocycles. The Hall–Kier alpha value is -5.90. The average molecular weight is 979 g/mol. The van der Waals surface area contributed by atoms with Gasteiger partial charge in [0.25, 0.3) is 0 Å². The van der Waals surface area contributed by atoms with Gasteiger partial charge in [0, 0.05) is 55.7 Å². The average Bonchev–Trinajstić information content (AvgIpc) is 3.84. The molecule has 0 saturated heterocycles. The molecule has 0 spiro atoms. The predicted octanol–water partition coefficient (Wildman–Crippen LogP) is 13.9. The van der Waals surface area contributed by atoms with E-state index < -0.39 is 0 Å². The van der Waals surface area contributed by atoms with E-state index in [-0.39, 0.29) is 37.3 Å². The molecule has 6 heteroatoms. The molecule has 0 unspecified atom stereocenters. The SMILES string of the molecule is CC(C)(C)c1cccc(N2[CH-]N(c3[c-]c(Oc4[c-]c5c(cc4)c4ccccc4n5-c4cc(C(C)(C)C)ccn4)cc(C(C)(C)c4ccccc4)c3)C=C2c2ccccc2)c1.[Pt]. The monoisotopic (exact) mass is 978 g/mol. The van der Waals surface area contributed by atoms with E-state index in [1.54, 1.807) is 0 Å². The van der Waals surface area contributed by atoms with Crippen LogP contribution in [0.1, 0.15) is 83.2 Å². The van der Waals surface area contributed by atoms with Crippen molar-refractivity contribution in [2.24, 2.45) is 0 Å². The fourth-order valence-corrected chi connectivity index (χ4v) is 8.10. The fraction of sp³-hybridized carbons (Fsp3) is 0.200. The van der Waals surface area contributed by atoms with Gasteiger partial charge in [-0.25, -0.2) is 4.98 Å². The van der Waals surface area contributed by atoms with E-state index in [9.17, 15) is 0 Å². The first-order valence-corrected chi connectivity index (χ1v) is 20.8. The number of nitrogens with zero attached hydrogens (tertiary/aromatic N) is 4. The van der Waals surface area contributed by atoms with Crippen molar-refractivity contribution in [1.29, 1.82) is 0 Å². The van der Waals surface area contributed by atoms with Crippen LogP contribution in [0.3, 0.4) is 0 Å². The van der Waals surface area contributed by atoms with Crippen molar-refractivity contribution in [2.45, 2.75) is 71.6 Å². The second kappa shape index (κ2) is 16.2. The molecule has 0 bridgehead atoms. The topological polar surface area (TPSA) is 33.5 Å². The maximum Gasteiger partial charge on any atom is 0.135 e. The summed E-state index contributed by atoms with van der Waals surface area (Å²) in [5, 5.41) is 2.23. The first-order valence-electron chi connectivity index (χ1n) is 20.8. The van der Waals surface area contributed by atoms with E-state index in [1.807, 2.05) is 12.3 Å². The zero-order chi connectivity index (χ0) is 41.8. The maximum absolute atomic E-state index is 6.88. The zero-order valence-corrected chi connectivity index (χ0v) is 38.4. The summed E-state index contributed by atoms with van der Waals surface area (Å²) in [5.74, 6) is 2.06. The molecule has 8 aromatic rings. The molecular formula is C55H51N4OPt-3. The summed E-state index contributed by atoms with van der Waals surface area (Å²) >= 11 is 0. The Morgan fingerprint density at radius 2 is 1.25 bits per heavy atom. The summed E-state index contributed by atoms with van der Waals surface area (Å²) in [6.45, 7) is 20.2. The smallest absolute Gasteiger partial charge is 0.135 e. The predicted molar refractivity (Wildman–Crippen MR) is 249 cm³/mol. The summed E-state index contributed by atoms with van der Waals surface area (Å²) < 4.78 is 9.08. The van der Waals surface area contributed by atoms with Gasteiger partial charge in [-0.2, -0.15) is 6.07 Å². The van der Waals surface area contributed by atoms with Crippen LogP contribution in [0, 0.1) is 18.8 Å². The molecule has 5 nitrogen and oxygen atoms in total. The van der Waals surface area contributed by atoms with Crippen molar-refractivity contribution in [3.05, 3.63) is 205 Å². The third-order valence-electron chi connectivity index (χ3n) is 11.8. The van der Waals surface area contributed by atoms with Crippen LogP contribution in [0.25, 0.3) is 33.3 Å². The number of aromatic nitrogens is 2. The van der Waals surface area contributed by atoms with Crippen LogP contribution in [0.5, 0.6) is 11.5 Å². The normalized spacial score (nSPS) is 13.4. The number of pyridine rings is 1. The van der Waals surface area contributed by atoms with Crippen LogP contribution in [0.2, 0.25) is 0 Å². The standard InChI is InChI=1S/C55H51N4O.Pt/c1-53(2,3)40-22-17-23-43(30-40)58-37-57(36-51(58)38-18-11-9-12-19-38)44-31-42(55(7,8)39-20-13-10-14-21-39)32-46(34-44)60-45-26-27-48-47-24-15-16-25-49(47)59(50(48)35-45)52-33-41(28-29-56-52)54(4,5)6;/h9-33,36-37H,1-8H3;/q-3;. The van der Waals surface area contributed by atoms with Gasteiger partial charge in [0.2, 0.25) is 0 Å². The van der Waals surface area contributed by atoms with E-state index in [4.69, 9.17) is 9.72 Å². The number of anilines is 2. The van der Waals surface area contributed by atoms with E-state index >= 15 is 0 Å². The van der Waals surface area contributed by atoms with Gasteiger partial charge in [0.15, 0.2) is 0 Å². The minimum atomic E-state index is -0.348. The van der Waals surface area contributed by atoms with E-state index in [2.05, 4.69) is 234 Å². The largest absolute Gasteiger partial charge is 0.509 e. The Bertz CT molecular complexity index is 2880. The maximum atomic E-state index is 6.88. The molecule has 0 amide bonds. The van der Waals surface area contributed by atoms with Gasteiger partial charge in [-0.3, -0.25) is 0 Å². The molecular weight excluding hydrogens is 928 g/mol. The first-order chi connectivity index (χ1) is 28.7. The van der Waals surface area contributed by atoms with Gasteiger partial charge >= 0.3 is 0 Å². The number of hydrogen-bond acceptors (Lipinski definition) is 4. The summed E-state index contributed by atoms with van der Waals surface area (Å²) in [5.41, 5.74) is 10.6. The number of rotatable bonds is 8. The third kappa shape index (κ3) is 8.17. The van der Waals surface area contributed by atoms with Gasteiger partial charge in [-0.1, -0.05) is 152 Å². The van der Waals surface area contributed by atoms with Crippen molar-refractivity contribution in [3.63, 3.8) is 0 Å². The number of ether oxygens (including phenoxy) is 1. The van der Waals surface area contributed by atoms with Gasteiger partial charge < -0.3 is 19.1 Å². The van der Waals surface area contributed by atoms with Crippen molar-refractivity contribution in [3.8, 4) is 17.3 Å². The summed E-state index contributed by atoms with van der Waals surface area (Å²) in [6.07, 6.45) is 4.10. The van der Waals surface area contributed by atoms with E-state index in [0.717, 1.165) is 55.8 Å². The summed E-state index contributed by atoms with van der Waals surface area (Å²) in [7, 11) is 0. The van der Waals surface area contributed by atoms with Crippen molar-refractivity contribution in [1.82, 2.24) is 9.55 Å². The Morgan fingerprint density at radius 1 is 0.574 bits per heavy atom.